The van der Waals surface area contributed by atoms with Gasteiger partial charge in [0.15, 0.2) is 0 Å². The molecule has 0 atom stereocenters. The Hall–Kier alpha value is -3.10. The molecule has 2 amide bonds. The summed E-state index contributed by atoms with van der Waals surface area (Å²) >= 11 is 11.8. The quantitative estimate of drug-likeness (QED) is 0.552. The molecule has 3 rings (SSSR count). The van der Waals surface area contributed by atoms with Crippen molar-refractivity contribution in [1.29, 1.82) is 0 Å². The van der Waals surface area contributed by atoms with Crippen molar-refractivity contribution in [2.45, 2.75) is 0 Å². The van der Waals surface area contributed by atoms with Gasteiger partial charge in [-0.2, -0.15) is 4.98 Å². The number of nitrogens with zero attached hydrogens (tertiary/aromatic N) is 2. The zero-order chi connectivity index (χ0) is 20.8. The molecule has 0 fully saturated rings. The van der Waals surface area contributed by atoms with Crippen LogP contribution in [0.5, 0.6) is 5.75 Å². The number of carbonyl (C=O) groups excluding carboxylic acids is 2. The highest BCUT2D eigenvalue weighted by atomic mass is 35.5. The summed E-state index contributed by atoms with van der Waals surface area (Å²) in [5.74, 6) is -0.125. The maximum Gasteiger partial charge on any atom is 0.316 e. The summed E-state index contributed by atoms with van der Waals surface area (Å²) in [4.78, 5) is 28.3. The molecule has 0 spiro atoms. The summed E-state index contributed by atoms with van der Waals surface area (Å²) in [5, 5.41) is 9.71. The third kappa shape index (κ3) is 5.24. The lowest BCUT2D eigenvalue weighted by atomic mass is 10.2. The highest BCUT2D eigenvalue weighted by Gasteiger charge is 2.16. The third-order valence-corrected chi connectivity index (χ3v) is 4.39. The molecule has 2 N–H and O–H groups in total. The number of benzene rings is 2. The van der Waals surface area contributed by atoms with E-state index in [1.54, 1.807) is 37.4 Å². The molecule has 1 aromatic heterocycles. The van der Waals surface area contributed by atoms with Gasteiger partial charge >= 0.3 is 11.8 Å². The fourth-order valence-electron chi connectivity index (χ4n) is 2.37. The average molecular weight is 435 g/mol. The van der Waals surface area contributed by atoms with E-state index in [1.807, 2.05) is 0 Å². The number of rotatable bonds is 7. The average Bonchev–Trinajstić information content (AvgIpc) is 3.21. The number of amides is 2. The number of aromatic nitrogens is 2. The highest BCUT2D eigenvalue weighted by molar-refractivity contribution is 6.36. The van der Waals surface area contributed by atoms with Crippen LogP contribution in [0.1, 0.15) is 21.0 Å². The van der Waals surface area contributed by atoms with E-state index < -0.39 is 5.91 Å². The SMILES string of the molecule is COc1ccc(-c2noc(C(=O)NCCNC(=O)c3ccc(Cl)cc3Cl)n2)cc1. The normalized spacial score (nSPS) is 10.4. The molecule has 0 aliphatic carbocycles. The number of carbonyl (C=O) groups is 2. The Morgan fingerprint density at radius 1 is 1.03 bits per heavy atom. The van der Waals surface area contributed by atoms with Gasteiger partial charge < -0.3 is 19.9 Å². The van der Waals surface area contributed by atoms with Crippen LogP contribution in [0.4, 0.5) is 0 Å². The molecule has 1 heterocycles. The van der Waals surface area contributed by atoms with Crippen LogP contribution >= 0.6 is 23.2 Å². The Morgan fingerprint density at radius 3 is 2.38 bits per heavy atom. The number of hydrogen-bond donors (Lipinski definition) is 2. The van der Waals surface area contributed by atoms with Crippen molar-refractivity contribution >= 4 is 35.0 Å². The number of nitrogens with one attached hydrogen (secondary N) is 2. The maximum atomic E-state index is 12.1. The lowest BCUT2D eigenvalue weighted by Gasteiger charge is -2.07. The van der Waals surface area contributed by atoms with Gasteiger partial charge in [0, 0.05) is 23.7 Å². The second kappa shape index (κ2) is 9.40. The number of ether oxygens (including phenoxy) is 1. The minimum Gasteiger partial charge on any atom is -0.497 e. The fourth-order valence-corrected chi connectivity index (χ4v) is 2.86. The van der Waals surface area contributed by atoms with Crippen molar-refractivity contribution in [2.24, 2.45) is 0 Å². The van der Waals surface area contributed by atoms with Crippen LogP contribution in [-0.2, 0) is 0 Å². The molecule has 0 bridgehead atoms. The van der Waals surface area contributed by atoms with Gasteiger partial charge in [0.05, 0.1) is 17.7 Å². The molecule has 0 saturated heterocycles. The monoisotopic (exact) mass is 434 g/mol. The minimum atomic E-state index is -0.545. The van der Waals surface area contributed by atoms with Gasteiger partial charge in [-0.25, -0.2) is 0 Å². The van der Waals surface area contributed by atoms with Crippen molar-refractivity contribution in [1.82, 2.24) is 20.8 Å². The first-order chi connectivity index (χ1) is 14.0. The Bertz CT molecular complexity index is 1020. The lowest BCUT2D eigenvalue weighted by Crippen LogP contribution is -2.34. The van der Waals surface area contributed by atoms with Gasteiger partial charge in [0.1, 0.15) is 5.75 Å². The molecule has 0 unspecified atom stereocenters. The van der Waals surface area contributed by atoms with Crippen LogP contribution in [0.25, 0.3) is 11.4 Å². The van der Waals surface area contributed by atoms with E-state index in [0.717, 1.165) is 0 Å². The summed E-state index contributed by atoms with van der Waals surface area (Å²) in [6.45, 7) is 0.346. The Balaban J connectivity index is 1.49. The van der Waals surface area contributed by atoms with Crippen molar-refractivity contribution in [2.75, 3.05) is 20.2 Å². The predicted molar refractivity (Wildman–Crippen MR) is 107 cm³/mol. The molecule has 0 aliphatic heterocycles. The standard InChI is InChI=1S/C19H16Cl2N4O4/c1-28-13-5-2-11(3-6-13)16-24-19(29-25-16)18(27)23-9-8-22-17(26)14-7-4-12(20)10-15(14)21/h2-7,10H,8-9H2,1H3,(H,22,26)(H,23,27). The van der Waals surface area contributed by atoms with Crippen LogP contribution in [0.3, 0.4) is 0 Å². The minimum absolute atomic E-state index is 0.163. The summed E-state index contributed by atoms with van der Waals surface area (Å²) in [6.07, 6.45) is 0. The van der Waals surface area contributed by atoms with Gasteiger partial charge in [-0.1, -0.05) is 28.4 Å². The van der Waals surface area contributed by atoms with E-state index in [2.05, 4.69) is 20.8 Å². The lowest BCUT2D eigenvalue weighted by molar-refractivity contribution is 0.0898. The van der Waals surface area contributed by atoms with E-state index in [0.29, 0.717) is 21.9 Å². The van der Waals surface area contributed by atoms with Gasteiger partial charge in [0.2, 0.25) is 5.82 Å². The van der Waals surface area contributed by atoms with E-state index in [9.17, 15) is 9.59 Å². The van der Waals surface area contributed by atoms with E-state index in [4.69, 9.17) is 32.5 Å². The Morgan fingerprint density at radius 2 is 1.72 bits per heavy atom. The van der Waals surface area contributed by atoms with Crippen LogP contribution in [0, 0.1) is 0 Å². The van der Waals surface area contributed by atoms with Crippen LogP contribution in [-0.4, -0.2) is 42.2 Å². The number of methoxy groups -OCH3 is 1. The van der Waals surface area contributed by atoms with Gasteiger partial charge in [-0.05, 0) is 42.5 Å². The van der Waals surface area contributed by atoms with Crippen LogP contribution in [0.2, 0.25) is 10.0 Å². The molecule has 2 aromatic carbocycles. The molecule has 0 aliphatic rings. The first-order valence-corrected chi connectivity index (χ1v) is 9.23. The largest absolute Gasteiger partial charge is 0.497 e. The first-order valence-electron chi connectivity index (χ1n) is 8.47. The van der Waals surface area contributed by atoms with Crippen molar-refractivity contribution in [3.8, 4) is 17.1 Å². The zero-order valence-corrected chi connectivity index (χ0v) is 16.8. The topological polar surface area (TPSA) is 106 Å². The fraction of sp³-hybridized carbons (Fsp3) is 0.158. The van der Waals surface area contributed by atoms with Gasteiger partial charge in [0.25, 0.3) is 5.91 Å². The molecule has 0 radical (unpaired) electrons. The van der Waals surface area contributed by atoms with Gasteiger partial charge in [-0.3, -0.25) is 9.59 Å². The molecule has 29 heavy (non-hydrogen) atoms. The summed E-state index contributed by atoms with van der Waals surface area (Å²) in [6, 6.07) is 11.6. The first kappa shape index (κ1) is 20.6. The third-order valence-electron chi connectivity index (χ3n) is 3.84. The van der Waals surface area contributed by atoms with E-state index in [-0.39, 0.29) is 35.7 Å². The summed E-state index contributed by atoms with van der Waals surface area (Å²) in [7, 11) is 1.57. The van der Waals surface area contributed by atoms with Crippen molar-refractivity contribution in [3.05, 3.63) is 64.0 Å². The molecular formula is C19H16Cl2N4O4. The predicted octanol–water partition coefficient (Wildman–Crippen LogP) is 3.21. The second-order valence-electron chi connectivity index (χ2n) is 5.79. The summed E-state index contributed by atoms with van der Waals surface area (Å²) < 4.78 is 10.1. The van der Waals surface area contributed by atoms with E-state index >= 15 is 0 Å². The summed E-state index contributed by atoms with van der Waals surface area (Å²) in [5.41, 5.74) is 0.976. The van der Waals surface area contributed by atoms with Gasteiger partial charge in [-0.15, -0.1) is 0 Å². The zero-order valence-electron chi connectivity index (χ0n) is 15.2. The highest BCUT2D eigenvalue weighted by Crippen LogP contribution is 2.21. The smallest absolute Gasteiger partial charge is 0.316 e. The number of halogens is 2. The molecule has 3 aromatic rings. The maximum absolute atomic E-state index is 12.1. The Labute approximate surface area is 176 Å². The van der Waals surface area contributed by atoms with E-state index in [1.165, 1.54) is 12.1 Å². The molecular weight excluding hydrogens is 419 g/mol. The Kier molecular flexibility index (Phi) is 6.69. The number of hydrogen-bond acceptors (Lipinski definition) is 6. The van der Waals surface area contributed by atoms with Crippen LogP contribution < -0.4 is 15.4 Å². The molecule has 10 heteroatoms. The molecule has 8 nitrogen and oxygen atoms in total. The molecule has 150 valence electrons. The molecule has 0 saturated carbocycles. The van der Waals surface area contributed by atoms with Crippen molar-refractivity contribution < 1.29 is 18.8 Å². The van der Waals surface area contributed by atoms with Crippen LogP contribution in [0.15, 0.2) is 47.0 Å². The second-order valence-corrected chi connectivity index (χ2v) is 6.63. The van der Waals surface area contributed by atoms with Crippen molar-refractivity contribution in [3.63, 3.8) is 0 Å².